The average Bonchev–Trinajstić information content (AvgIpc) is 2.72. The molecule has 0 aliphatic rings. The molecule has 1 N–H and O–H groups in total. The largest absolute Gasteiger partial charge is 0.508 e. The second-order valence-corrected chi connectivity index (χ2v) is 6.67. The number of oxime groups is 1. The van der Waals surface area contributed by atoms with Crippen LogP contribution in [0.5, 0.6) is 11.5 Å². The molecule has 5 nitrogen and oxygen atoms in total. The molecule has 0 amide bonds. The Hall–Kier alpha value is -2.82. The van der Waals surface area contributed by atoms with Gasteiger partial charge in [0.2, 0.25) is 0 Å². The van der Waals surface area contributed by atoms with Crippen LogP contribution >= 0.6 is 0 Å². The van der Waals surface area contributed by atoms with Crippen LogP contribution in [0.2, 0.25) is 0 Å². The molecular formula is C23H29NO4. The van der Waals surface area contributed by atoms with Gasteiger partial charge in [0.1, 0.15) is 23.8 Å². The maximum absolute atomic E-state index is 11.2. The number of aldehydes is 1. The number of rotatable bonds is 13. The fraction of sp³-hybridized carbons (Fsp3) is 0.391. The Bertz CT molecular complexity index is 723. The minimum atomic E-state index is 0.133. The van der Waals surface area contributed by atoms with E-state index in [-0.39, 0.29) is 18.1 Å². The smallest absolute Gasteiger partial charge is 0.172 e. The summed E-state index contributed by atoms with van der Waals surface area (Å²) in [5.41, 5.74) is 1.71. The molecule has 5 heteroatoms. The van der Waals surface area contributed by atoms with Crippen LogP contribution in [-0.2, 0) is 16.2 Å². The lowest BCUT2D eigenvalue weighted by molar-refractivity contribution is -0.102. The molecule has 0 fully saturated rings. The molecule has 0 saturated heterocycles. The molecule has 0 aliphatic carbocycles. The number of benzene rings is 2. The van der Waals surface area contributed by atoms with Crippen molar-refractivity contribution in [3.8, 4) is 11.5 Å². The number of carbonyl (C=O) groups is 1. The van der Waals surface area contributed by atoms with Gasteiger partial charge >= 0.3 is 0 Å². The predicted octanol–water partition coefficient (Wildman–Crippen LogP) is 5.25. The van der Waals surface area contributed by atoms with Crippen LogP contribution in [0.25, 0.3) is 0 Å². The van der Waals surface area contributed by atoms with E-state index >= 15 is 0 Å². The van der Waals surface area contributed by atoms with Crippen molar-refractivity contribution >= 4 is 12.0 Å². The van der Waals surface area contributed by atoms with Crippen molar-refractivity contribution in [1.82, 2.24) is 0 Å². The van der Waals surface area contributed by atoms with Crippen molar-refractivity contribution < 1.29 is 19.5 Å². The summed E-state index contributed by atoms with van der Waals surface area (Å²) < 4.78 is 5.76. The Balaban J connectivity index is 1.73. The van der Waals surface area contributed by atoms with Gasteiger partial charge in [-0.25, -0.2) is 0 Å². The number of nitrogens with zero attached hydrogens (tertiary/aromatic N) is 1. The summed E-state index contributed by atoms with van der Waals surface area (Å²) in [6.07, 6.45) is 8.10. The quantitative estimate of drug-likeness (QED) is 0.222. The minimum Gasteiger partial charge on any atom is -0.508 e. The summed E-state index contributed by atoms with van der Waals surface area (Å²) in [5.74, 6) is 0.979. The SMILES string of the molecule is CCCCCCCCOc1ccc(CO/N=C(\C=O)c2ccc(O)cc2)cc1. The van der Waals surface area contributed by atoms with Crippen LogP contribution in [0.1, 0.15) is 56.6 Å². The van der Waals surface area contributed by atoms with Crippen molar-refractivity contribution in [2.24, 2.45) is 5.16 Å². The average molecular weight is 383 g/mol. The molecule has 2 rings (SSSR count). The van der Waals surface area contributed by atoms with Gasteiger partial charge in [0.05, 0.1) is 6.61 Å². The van der Waals surface area contributed by atoms with Crippen LogP contribution in [0.3, 0.4) is 0 Å². The van der Waals surface area contributed by atoms with Gasteiger partial charge in [0.25, 0.3) is 0 Å². The molecule has 0 radical (unpaired) electrons. The Labute approximate surface area is 167 Å². The van der Waals surface area contributed by atoms with Crippen LogP contribution in [0.15, 0.2) is 53.7 Å². The highest BCUT2D eigenvalue weighted by molar-refractivity contribution is 6.36. The maximum Gasteiger partial charge on any atom is 0.172 e. The van der Waals surface area contributed by atoms with Crippen molar-refractivity contribution in [1.29, 1.82) is 0 Å². The molecule has 28 heavy (non-hydrogen) atoms. The minimum absolute atomic E-state index is 0.133. The number of aromatic hydroxyl groups is 1. The standard InChI is InChI=1S/C23H29NO4/c1-2-3-4-5-6-7-16-27-22-14-8-19(9-15-22)18-28-24-23(17-25)20-10-12-21(26)13-11-20/h8-15,17,26H,2-7,16,18H2,1H3/b24-23+. The summed E-state index contributed by atoms with van der Waals surface area (Å²) in [6.45, 7) is 3.22. The van der Waals surface area contributed by atoms with Crippen LogP contribution < -0.4 is 4.74 Å². The molecule has 0 unspecified atom stereocenters. The van der Waals surface area contributed by atoms with Gasteiger partial charge in [-0.3, -0.25) is 4.79 Å². The van der Waals surface area contributed by atoms with E-state index < -0.39 is 0 Å². The summed E-state index contributed by atoms with van der Waals surface area (Å²) in [4.78, 5) is 16.5. The summed E-state index contributed by atoms with van der Waals surface area (Å²) >= 11 is 0. The highest BCUT2D eigenvalue weighted by atomic mass is 16.6. The number of hydrogen-bond donors (Lipinski definition) is 1. The normalized spacial score (nSPS) is 11.2. The second kappa shape index (κ2) is 12.5. The van der Waals surface area contributed by atoms with Crippen molar-refractivity contribution in [2.75, 3.05) is 6.61 Å². The van der Waals surface area contributed by atoms with E-state index in [4.69, 9.17) is 9.57 Å². The zero-order valence-electron chi connectivity index (χ0n) is 16.5. The zero-order valence-corrected chi connectivity index (χ0v) is 16.5. The van der Waals surface area contributed by atoms with Gasteiger partial charge in [-0.2, -0.15) is 0 Å². The Morgan fingerprint density at radius 2 is 1.64 bits per heavy atom. The first-order valence-corrected chi connectivity index (χ1v) is 9.89. The molecule has 0 spiro atoms. The number of phenolic OH excluding ortho intramolecular Hbond substituents is 1. The number of unbranched alkanes of at least 4 members (excludes halogenated alkanes) is 5. The molecule has 2 aromatic rings. The number of ether oxygens (including phenoxy) is 1. The highest BCUT2D eigenvalue weighted by Gasteiger charge is 2.03. The Morgan fingerprint density at radius 1 is 0.964 bits per heavy atom. The van der Waals surface area contributed by atoms with Crippen molar-refractivity contribution in [2.45, 2.75) is 52.1 Å². The monoisotopic (exact) mass is 383 g/mol. The molecule has 0 atom stereocenters. The topological polar surface area (TPSA) is 68.1 Å². The third-order valence-electron chi connectivity index (χ3n) is 4.36. The third kappa shape index (κ3) is 7.82. The van der Waals surface area contributed by atoms with Gasteiger partial charge in [0, 0.05) is 5.56 Å². The van der Waals surface area contributed by atoms with Crippen LogP contribution in [0, 0.1) is 0 Å². The van der Waals surface area contributed by atoms with E-state index in [1.54, 1.807) is 12.1 Å². The van der Waals surface area contributed by atoms with Gasteiger partial charge < -0.3 is 14.7 Å². The first-order chi connectivity index (χ1) is 13.7. The molecule has 150 valence electrons. The van der Waals surface area contributed by atoms with Gasteiger partial charge in [-0.1, -0.05) is 56.3 Å². The number of carbonyl (C=O) groups excluding carboxylic acids is 1. The lowest BCUT2D eigenvalue weighted by Crippen LogP contribution is -2.03. The van der Waals surface area contributed by atoms with E-state index in [1.807, 2.05) is 24.3 Å². The molecular weight excluding hydrogens is 354 g/mol. The lowest BCUT2D eigenvalue weighted by atomic mass is 10.1. The van der Waals surface area contributed by atoms with E-state index in [0.29, 0.717) is 11.8 Å². The summed E-state index contributed by atoms with van der Waals surface area (Å²) in [6, 6.07) is 13.9. The van der Waals surface area contributed by atoms with E-state index in [0.717, 1.165) is 24.3 Å². The number of hydrogen-bond acceptors (Lipinski definition) is 5. The van der Waals surface area contributed by atoms with Crippen LogP contribution in [-0.4, -0.2) is 23.7 Å². The Kier molecular flexibility index (Phi) is 9.62. The molecule has 0 saturated carbocycles. The second-order valence-electron chi connectivity index (χ2n) is 6.67. The molecule has 0 aromatic heterocycles. The van der Waals surface area contributed by atoms with E-state index in [9.17, 15) is 9.90 Å². The molecule has 0 bridgehead atoms. The van der Waals surface area contributed by atoms with Crippen molar-refractivity contribution in [3.63, 3.8) is 0 Å². The first kappa shape index (κ1) is 21.5. The van der Waals surface area contributed by atoms with Crippen molar-refractivity contribution in [3.05, 3.63) is 59.7 Å². The van der Waals surface area contributed by atoms with E-state index in [2.05, 4.69) is 12.1 Å². The summed E-state index contributed by atoms with van der Waals surface area (Å²) in [7, 11) is 0. The van der Waals surface area contributed by atoms with Gasteiger partial charge in [-0.05, 0) is 48.4 Å². The molecule has 0 heterocycles. The lowest BCUT2D eigenvalue weighted by Gasteiger charge is -2.07. The number of phenols is 1. The fourth-order valence-electron chi connectivity index (χ4n) is 2.71. The van der Waals surface area contributed by atoms with E-state index in [1.165, 1.54) is 44.2 Å². The van der Waals surface area contributed by atoms with Gasteiger partial charge in [-0.15, -0.1) is 0 Å². The zero-order chi connectivity index (χ0) is 20.0. The fourth-order valence-corrected chi connectivity index (χ4v) is 2.71. The summed E-state index contributed by atoms with van der Waals surface area (Å²) in [5, 5.41) is 13.2. The van der Waals surface area contributed by atoms with Gasteiger partial charge in [0.15, 0.2) is 6.29 Å². The third-order valence-corrected chi connectivity index (χ3v) is 4.36. The Morgan fingerprint density at radius 3 is 2.32 bits per heavy atom. The molecule has 0 aliphatic heterocycles. The predicted molar refractivity (Wildman–Crippen MR) is 111 cm³/mol. The first-order valence-electron chi connectivity index (χ1n) is 9.89. The van der Waals surface area contributed by atoms with Crippen LogP contribution in [0.4, 0.5) is 0 Å². The maximum atomic E-state index is 11.2. The highest BCUT2D eigenvalue weighted by Crippen LogP contribution is 2.15. The molecule has 2 aromatic carbocycles.